The van der Waals surface area contributed by atoms with Gasteiger partial charge in [-0.15, -0.1) is 0 Å². The van der Waals surface area contributed by atoms with Crippen LogP contribution in [0.15, 0.2) is 102 Å². The number of nitrogens with zero attached hydrogens (tertiary/aromatic N) is 2. The number of aliphatic hydroxyl groups excluding tert-OH is 1. The highest BCUT2D eigenvalue weighted by molar-refractivity contribution is 7.92. The highest BCUT2D eigenvalue weighted by atomic mass is 32.2. The van der Waals surface area contributed by atoms with E-state index in [4.69, 9.17) is 9.47 Å². The Morgan fingerprint density at radius 1 is 1.00 bits per heavy atom. The van der Waals surface area contributed by atoms with Gasteiger partial charge in [0.15, 0.2) is 0 Å². The number of nitrogens with one attached hydrogen (secondary N) is 1. The van der Waals surface area contributed by atoms with Crippen molar-refractivity contribution in [2.75, 3.05) is 31.5 Å². The Kier molecular flexibility index (Phi) is 10.3. The molecule has 0 saturated heterocycles. The van der Waals surface area contributed by atoms with Crippen LogP contribution in [0.25, 0.3) is 0 Å². The number of hydrogen-bond donors (Lipinski definition) is 2. The Morgan fingerprint density at radius 3 is 2.35 bits per heavy atom. The van der Waals surface area contributed by atoms with E-state index < -0.39 is 16.1 Å². The summed E-state index contributed by atoms with van der Waals surface area (Å²) in [5.41, 5.74) is 2.53. The number of aliphatic hydroxyl groups is 1. The minimum atomic E-state index is -3.88. The number of ether oxygens (including phenoxy) is 2. The van der Waals surface area contributed by atoms with Gasteiger partial charge < -0.3 is 19.5 Å². The van der Waals surface area contributed by atoms with Crippen LogP contribution in [0, 0.1) is 12.8 Å². The van der Waals surface area contributed by atoms with E-state index >= 15 is 0 Å². The number of hydrogen-bond acceptors (Lipinski definition) is 7. The van der Waals surface area contributed by atoms with Crippen LogP contribution in [-0.2, 0) is 16.6 Å². The molecule has 0 fully saturated rings. The van der Waals surface area contributed by atoms with Crippen LogP contribution in [0.4, 0.5) is 5.69 Å². The molecule has 0 aliphatic carbocycles. The minimum absolute atomic E-state index is 0.0603. The van der Waals surface area contributed by atoms with Crippen molar-refractivity contribution < 1.29 is 27.8 Å². The first-order valence-electron chi connectivity index (χ1n) is 15.3. The number of fused-ring (bicyclic) bond motifs is 1. The number of aryl methyl sites for hydroxylation is 1. The maximum atomic E-state index is 13.8. The third kappa shape index (κ3) is 8.06. The Balaban J connectivity index is 1.34. The third-order valence-electron chi connectivity index (χ3n) is 8.09. The molecule has 4 aromatic carbocycles. The van der Waals surface area contributed by atoms with Crippen molar-refractivity contribution in [2.24, 2.45) is 5.92 Å². The molecule has 3 atom stereocenters. The van der Waals surface area contributed by atoms with Gasteiger partial charge in [-0.05, 0) is 81.1 Å². The summed E-state index contributed by atoms with van der Waals surface area (Å²) < 4.78 is 41.2. The normalized spacial score (nSPS) is 17.4. The number of amides is 1. The lowest BCUT2D eigenvalue weighted by atomic mass is 9.99. The molecule has 0 aromatic heterocycles. The predicted octanol–water partition coefficient (Wildman–Crippen LogP) is 5.94. The lowest BCUT2D eigenvalue weighted by Gasteiger charge is -2.38. The molecule has 1 amide bonds. The maximum Gasteiger partial charge on any atom is 0.261 e. The molecular formula is C36H41N3O6S. The highest BCUT2D eigenvalue weighted by Gasteiger charge is 2.33. The van der Waals surface area contributed by atoms with Gasteiger partial charge in [0.1, 0.15) is 23.4 Å². The third-order valence-corrected chi connectivity index (χ3v) is 9.49. The van der Waals surface area contributed by atoms with Gasteiger partial charge >= 0.3 is 0 Å². The number of carbonyl (C=O) groups excluding carboxylic acids is 1. The Bertz CT molecular complexity index is 1730. The van der Waals surface area contributed by atoms with E-state index in [0.717, 1.165) is 22.6 Å². The van der Waals surface area contributed by atoms with Crippen LogP contribution in [0.5, 0.6) is 17.2 Å². The highest BCUT2D eigenvalue weighted by Crippen LogP contribution is 2.32. The second-order valence-electron chi connectivity index (χ2n) is 12.0. The largest absolute Gasteiger partial charge is 0.488 e. The molecule has 1 aliphatic rings. The van der Waals surface area contributed by atoms with Crippen molar-refractivity contribution in [2.45, 2.75) is 44.4 Å². The standard InChI is InChI=1S/C36H41N3O6S/c1-25-10-17-32(18-11-25)46(42,43)37-29-14-19-34-33(20-29)36(41)39(27(3)24-40)21-26(2)35(45-34)23-38(4)22-28-12-15-31(16-13-28)44-30-8-6-5-7-9-30/h5-20,26-27,35,37,40H,21-24H2,1-4H3/t26-,27+,35+/m0/s1. The Morgan fingerprint density at radius 2 is 1.67 bits per heavy atom. The van der Waals surface area contributed by atoms with Crippen molar-refractivity contribution >= 4 is 21.6 Å². The van der Waals surface area contributed by atoms with Crippen molar-refractivity contribution in [3.63, 3.8) is 0 Å². The first kappa shape index (κ1) is 33.0. The monoisotopic (exact) mass is 643 g/mol. The number of para-hydroxylation sites is 1. The Hall–Kier alpha value is -4.38. The summed E-state index contributed by atoms with van der Waals surface area (Å²) in [7, 11) is -1.86. The second-order valence-corrected chi connectivity index (χ2v) is 13.7. The van der Waals surface area contributed by atoms with Gasteiger partial charge in [0.25, 0.3) is 15.9 Å². The lowest BCUT2D eigenvalue weighted by molar-refractivity contribution is 0.0341. The van der Waals surface area contributed by atoms with Crippen LogP contribution >= 0.6 is 0 Å². The zero-order valence-electron chi connectivity index (χ0n) is 26.6. The number of benzene rings is 4. The number of likely N-dealkylation sites (N-methyl/N-ethyl adjacent to an activating group) is 1. The van der Waals surface area contributed by atoms with Gasteiger partial charge in [-0.1, -0.05) is 55.0 Å². The average molecular weight is 644 g/mol. The average Bonchev–Trinajstić information content (AvgIpc) is 3.04. The lowest BCUT2D eigenvalue weighted by Crippen LogP contribution is -2.49. The molecule has 9 nitrogen and oxygen atoms in total. The molecule has 0 radical (unpaired) electrons. The van der Waals surface area contributed by atoms with Gasteiger partial charge in [-0.3, -0.25) is 14.4 Å². The van der Waals surface area contributed by atoms with Gasteiger partial charge in [-0.2, -0.15) is 0 Å². The molecule has 242 valence electrons. The van der Waals surface area contributed by atoms with Crippen LogP contribution < -0.4 is 14.2 Å². The molecule has 2 N–H and O–H groups in total. The Labute approximate surface area is 271 Å². The summed E-state index contributed by atoms with van der Waals surface area (Å²) in [4.78, 5) is 17.7. The zero-order chi connectivity index (χ0) is 32.8. The van der Waals surface area contributed by atoms with Crippen molar-refractivity contribution in [3.05, 3.63) is 114 Å². The predicted molar refractivity (Wildman–Crippen MR) is 179 cm³/mol. The van der Waals surface area contributed by atoms with Crippen LogP contribution in [0.1, 0.15) is 35.3 Å². The molecule has 1 aliphatic heterocycles. The van der Waals surface area contributed by atoms with E-state index in [-0.39, 0.29) is 40.7 Å². The summed E-state index contributed by atoms with van der Waals surface area (Å²) in [6.45, 7) is 7.11. The van der Waals surface area contributed by atoms with Gasteiger partial charge in [-0.25, -0.2) is 8.42 Å². The fourth-order valence-electron chi connectivity index (χ4n) is 5.41. The quantitative estimate of drug-likeness (QED) is 0.208. The summed E-state index contributed by atoms with van der Waals surface area (Å²) in [6, 6.07) is 28.5. The van der Waals surface area contributed by atoms with Crippen molar-refractivity contribution in [3.8, 4) is 17.2 Å². The van der Waals surface area contributed by atoms with Crippen molar-refractivity contribution in [1.29, 1.82) is 0 Å². The van der Waals surface area contributed by atoms with Gasteiger partial charge in [0, 0.05) is 31.2 Å². The molecule has 5 rings (SSSR count). The van der Waals surface area contributed by atoms with E-state index in [1.54, 1.807) is 48.2 Å². The van der Waals surface area contributed by atoms with E-state index in [2.05, 4.69) is 9.62 Å². The van der Waals surface area contributed by atoms with E-state index in [1.807, 2.05) is 75.5 Å². The molecule has 0 unspecified atom stereocenters. The topological polar surface area (TPSA) is 108 Å². The smallest absolute Gasteiger partial charge is 0.261 e. The fraction of sp³-hybridized carbons (Fsp3) is 0.306. The molecule has 0 saturated carbocycles. The molecule has 46 heavy (non-hydrogen) atoms. The van der Waals surface area contributed by atoms with Crippen LogP contribution in [0.2, 0.25) is 0 Å². The summed E-state index contributed by atoms with van der Waals surface area (Å²) in [5, 5.41) is 10.00. The van der Waals surface area contributed by atoms with Crippen molar-refractivity contribution in [1.82, 2.24) is 9.80 Å². The van der Waals surface area contributed by atoms with Crippen LogP contribution in [0.3, 0.4) is 0 Å². The van der Waals surface area contributed by atoms with E-state index in [1.165, 1.54) is 6.07 Å². The molecule has 0 spiro atoms. The number of anilines is 1. The molecule has 0 bridgehead atoms. The molecular weight excluding hydrogens is 602 g/mol. The SMILES string of the molecule is Cc1ccc(S(=O)(=O)Nc2ccc3c(c2)C(=O)N([C@H](C)CO)C[C@H](C)[C@@H](CN(C)Cc2ccc(Oc4ccccc4)cc2)O3)cc1. The minimum Gasteiger partial charge on any atom is -0.488 e. The summed E-state index contributed by atoms with van der Waals surface area (Å²) >= 11 is 0. The van der Waals surface area contributed by atoms with Crippen LogP contribution in [-0.4, -0.2) is 68.1 Å². The zero-order valence-corrected chi connectivity index (χ0v) is 27.4. The summed E-state index contributed by atoms with van der Waals surface area (Å²) in [5.74, 6) is 1.52. The van der Waals surface area contributed by atoms with Gasteiger partial charge in [0.2, 0.25) is 0 Å². The fourth-order valence-corrected chi connectivity index (χ4v) is 6.46. The maximum absolute atomic E-state index is 13.8. The molecule has 10 heteroatoms. The first-order chi connectivity index (χ1) is 22.0. The molecule has 4 aromatic rings. The molecule has 1 heterocycles. The van der Waals surface area contributed by atoms with E-state index in [9.17, 15) is 18.3 Å². The number of carbonyl (C=O) groups is 1. The first-order valence-corrected chi connectivity index (χ1v) is 16.8. The van der Waals surface area contributed by atoms with E-state index in [0.29, 0.717) is 25.4 Å². The number of rotatable bonds is 11. The van der Waals surface area contributed by atoms with Gasteiger partial charge in [0.05, 0.1) is 23.1 Å². The second kappa shape index (κ2) is 14.4. The number of sulfonamides is 1. The summed E-state index contributed by atoms with van der Waals surface area (Å²) in [6.07, 6.45) is -0.291.